The Morgan fingerprint density at radius 2 is 0.683 bits per heavy atom. The van der Waals surface area contributed by atoms with Gasteiger partial charge in [-0.1, -0.05) is 118 Å². The molecule has 10 aromatic heterocycles. The summed E-state index contributed by atoms with van der Waals surface area (Å²) in [5.41, 5.74) is 15.1. The molecule has 4 amide bonds. The van der Waals surface area contributed by atoms with E-state index >= 15 is 0 Å². The van der Waals surface area contributed by atoms with E-state index in [1.807, 2.05) is 124 Å². The zero-order valence-electron chi connectivity index (χ0n) is 81.6. The fourth-order valence-corrected chi connectivity index (χ4v) is 22.0. The summed E-state index contributed by atoms with van der Waals surface area (Å²) in [4.78, 5) is 124. The zero-order chi connectivity index (χ0) is 98.3. The Hall–Kier alpha value is -14.0. The van der Waals surface area contributed by atoms with E-state index in [0.717, 1.165) is 209 Å². The van der Waals surface area contributed by atoms with Crippen LogP contribution in [0.3, 0.4) is 0 Å². The summed E-state index contributed by atoms with van der Waals surface area (Å²) in [7, 11) is 9.07. The maximum absolute atomic E-state index is 13.5. The number of likely N-dealkylation sites (tertiary alicyclic amines) is 5. The van der Waals surface area contributed by atoms with Crippen molar-refractivity contribution in [1.82, 2.24) is 116 Å². The highest BCUT2D eigenvalue weighted by Crippen LogP contribution is 2.40. The number of nitrogens with one attached hydrogen (secondary N) is 11. The number of rotatable bonds is 20. The number of nitrogens with zero attached hydrogens (tertiary/aromatic N) is 12. The molecule has 17 heterocycles. The molecule has 7 aliphatic heterocycles. The SMILES string of the molecule is C#Cc1ccc(-c2cnc([C@H]3CCCN3C)[nH]2)cc1.C(#Cc1ccc(-c2cnc([C@H]3CCCN3)[nH]2)s1)c1ccc(-c2cnc([C@H]3CCCN3)[nH]2)cc1.CN1CCC[C@@H]1c1ncc(-c2ccc(C#Cc3ccc(-c4cnc([C@H]5CCCN5C)[nH]4)s3)cc2)[nH]1.COC(=O)N[C@H](C(=O)N1CCCC1c1cnc(-c2ccc(C#Cc3ccc(-c4cnc([C@@H]5CCCN5C(=O)[C@@H](NC(=O)OC)C(C)C)[nH]4)cc3)s2)[nH]1)C(C)C. The van der Waals surface area contributed by atoms with Gasteiger partial charge in [0.25, 0.3) is 0 Å². The number of aromatic amines is 7. The van der Waals surface area contributed by atoms with Gasteiger partial charge in [-0.15, -0.1) is 40.4 Å². The molecule has 0 radical (unpaired) electrons. The molecule has 1 unspecified atom stereocenters. The lowest BCUT2D eigenvalue weighted by Crippen LogP contribution is -2.51. The lowest BCUT2D eigenvalue weighted by Gasteiger charge is -2.30. The third kappa shape index (κ3) is 23.6. The van der Waals surface area contributed by atoms with E-state index in [0.29, 0.717) is 54.9 Å². The Kier molecular flexibility index (Phi) is 31.6. The van der Waals surface area contributed by atoms with Gasteiger partial charge >= 0.3 is 12.2 Å². The molecule has 29 nitrogen and oxygen atoms in total. The van der Waals surface area contributed by atoms with Crippen molar-refractivity contribution in [2.75, 3.05) is 81.2 Å². The van der Waals surface area contributed by atoms with Crippen molar-refractivity contribution in [3.63, 3.8) is 0 Å². The van der Waals surface area contributed by atoms with Crippen molar-refractivity contribution in [3.8, 4) is 125 Å². The predicted octanol–water partition coefficient (Wildman–Crippen LogP) is 19.1. The molecule has 0 saturated carbocycles. The Morgan fingerprint density at radius 1 is 0.359 bits per heavy atom. The number of terminal acetylenes is 1. The monoisotopic (exact) mass is 1960 g/mol. The molecule has 730 valence electrons. The van der Waals surface area contributed by atoms with E-state index in [9.17, 15) is 19.2 Å². The summed E-state index contributed by atoms with van der Waals surface area (Å²) in [5.74, 6) is 28.6. The summed E-state index contributed by atoms with van der Waals surface area (Å²) in [6.45, 7) is 14.4. The molecular formula is C110H121N23O6S3. The second-order valence-corrected chi connectivity index (χ2v) is 41.0. The molecule has 11 N–H and O–H groups in total. The van der Waals surface area contributed by atoms with Crippen molar-refractivity contribution in [3.05, 3.63) is 254 Å². The maximum Gasteiger partial charge on any atom is 0.407 e. The molecule has 7 saturated heterocycles. The number of imidazole rings is 7. The van der Waals surface area contributed by atoms with Gasteiger partial charge < -0.3 is 75.4 Å². The summed E-state index contributed by atoms with van der Waals surface area (Å²) >= 11 is 4.93. The number of hydrogen-bond donors (Lipinski definition) is 11. The molecule has 0 spiro atoms. The largest absolute Gasteiger partial charge is 0.453 e. The fourth-order valence-electron chi connectivity index (χ4n) is 19.5. The zero-order valence-corrected chi connectivity index (χ0v) is 84.0. The average molecular weight is 1960 g/mol. The van der Waals surface area contributed by atoms with Gasteiger partial charge in [0, 0.05) is 35.3 Å². The number of alkyl carbamates (subject to hydrolysis) is 2. The molecule has 7 fully saturated rings. The van der Waals surface area contributed by atoms with Crippen LogP contribution in [0, 0.1) is 59.7 Å². The molecule has 9 atom stereocenters. The van der Waals surface area contributed by atoms with Gasteiger partial charge in [0.15, 0.2) is 0 Å². The number of methoxy groups -OCH3 is 2. The summed E-state index contributed by atoms with van der Waals surface area (Å²) in [6, 6.07) is 45.2. The van der Waals surface area contributed by atoms with Crippen molar-refractivity contribution < 1.29 is 28.7 Å². The second-order valence-electron chi connectivity index (χ2n) is 37.8. The Balaban J connectivity index is 0.000000132. The Bertz CT molecular complexity index is 6910. The van der Waals surface area contributed by atoms with Crippen LogP contribution in [-0.4, -0.2) is 212 Å². The van der Waals surface area contributed by atoms with Gasteiger partial charge in [0.1, 0.15) is 52.9 Å². The molecule has 0 aliphatic carbocycles. The van der Waals surface area contributed by atoms with Gasteiger partial charge in [0.05, 0.1) is 169 Å². The van der Waals surface area contributed by atoms with E-state index in [2.05, 4.69) is 241 Å². The van der Waals surface area contributed by atoms with Gasteiger partial charge in [-0.05, 0) is 263 Å². The first-order chi connectivity index (χ1) is 69.2. The van der Waals surface area contributed by atoms with Crippen molar-refractivity contribution in [2.45, 2.75) is 172 Å². The highest BCUT2D eigenvalue weighted by Gasteiger charge is 2.40. The normalized spacial score (nSPS) is 19.3. The van der Waals surface area contributed by atoms with Crippen LogP contribution in [0.15, 0.2) is 177 Å². The van der Waals surface area contributed by atoms with Crippen LogP contribution in [0.1, 0.15) is 237 Å². The first-order valence-electron chi connectivity index (χ1n) is 49.2. The van der Waals surface area contributed by atoms with E-state index in [1.54, 1.807) is 40.0 Å². The Morgan fingerprint density at radius 3 is 1.05 bits per heavy atom. The van der Waals surface area contributed by atoms with Crippen LogP contribution in [0.2, 0.25) is 0 Å². The van der Waals surface area contributed by atoms with E-state index in [-0.39, 0.29) is 35.7 Å². The molecule has 32 heteroatoms. The number of aromatic nitrogens is 14. The molecule has 21 rings (SSSR count). The number of thiophene rings is 3. The molecular weight excluding hydrogens is 1840 g/mol. The van der Waals surface area contributed by atoms with Crippen LogP contribution in [0.25, 0.3) is 76.9 Å². The number of benzene rings is 4. The van der Waals surface area contributed by atoms with Gasteiger partial charge in [-0.3, -0.25) is 24.3 Å². The summed E-state index contributed by atoms with van der Waals surface area (Å²) in [6.07, 6.45) is 32.6. The Labute approximate surface area is 840 Å². The number of amides is 4. The van der Waals surface area contributed by atoms with Crippen LogP contribution >= 0.6 is 34.0 Å². The number of carbonyl (C=O) groups excluding carboxylic acids is 4. The van der Waals surface area contributed by atoms with Crippen LogP contribution in [-0.2, 0) is 19.1 Å². The standard InChI is InChI=1S/C40H48N8O6S.C28H30N6S.C26H26N6S.C16H17N3/c1-23(2)33(45-39(51)53-5)37(49)47-19-7-9-30(47)29-22-42-36(44-29)32-18-17-27(55-32)16-13-25-11-14-26(15-12-25)28-21-41-35(43-28)31-10-8-20-48(31)38(50)34(24(3)4)46-40(52)54-6;1-33-15-3-5-24(33)27-29-17-22(31-27)20-10-7-19(8-11-20)9-12-21-13-14-26(35-21)23-18-30-28(32-23)25-6-4-16-34(25)2;1-3-20(27-13-1)25-29-15-22(31-25)18-8-5-17(6-9-18)7-10-19-11-12-24(33-19)23-16-30-26(32-23)21-4-2-14-28-21;1-3-12-6-8-13(9-7-12)14-11-17-16(18-14)15-5-4-10-19(15)2/h11-12,14-15,17-18,21-24,30-31,33-34H,7-10,19-20H2,1-6H3,(H,41,43)(H,42,44)(H,45,51)(H,46,52);7-8,10-11,13-14,17-18,24-25H,3-6,15-16H2,1-2H3,(H,29,31)(H,30,32);5-6,8-9,11-12,15-16,20-21,27-28H,1-4,13-14H2,(H,29,31)(H,30,32);1,6-9,11,15H,4-5,10H2,2H3,(H,17,18)/t30?,31-,33-,34-;24-,25-;20-,21-;15-/m0111/s1. The number of ether oxygens (including phenoxy) is 2. The van der Waals surface area contributed by atoms with E-state index in [1.165, 1.54) is 81.8 Å². The maximum atomic E-state index is 13.5. The molecule has 142 heavy (non-hydrogen) atoms. The van der Waals surface area contributed by atoms with Gasteiger partial charge in [-0.2, -0.15) is 0 Å². The fraction of sp³-hybridized carbons (Fsp3) is 0.373. The third-order valence-electron chi connectivity index (χ3n) is 27.5. The van der Waals surface area contributed by atoms with Gasteiger partial charge in [0.2, 0.25) is 11.8 Å². The molecule has 4 aromatic carbocycles. The van der Waals surface area contributed by atoms with Crippen LogP contribution in [0.4, 0.5) is 9.59 Å². The second kappa shape index (κ2) is 45.7. The number of carbonyl (C=O) groups is 4. The first kappa shape index (κ1) is 98.2. The molecule has 0 bridgehead atoms. The number of hydrogen-bond acceptors (Lipinski definition) is 21. The smallest absolute Gasteiger partial charge is 0.407 e. The number of H-pyrrole nitrogens is 7. The quantitative estimate of drug-likeness (QED) is 0.0316. The lowest BCUT2D eigenvalue weighted by molar-refractivity contribution is -0.136. The highest BCUT2D eigenvalue weighted by atomic mass is 32.1. The topological polar surface area (TPSA) is 352 Å². The van der Waals surface area contributed by atoms with Gasteiger partial charge in [-0.25, -0.2) is 44.5 Å². The first-order valence-corrected chi connectivity index (χ1v) is 51.6. The highest BCUT2D eigenvalue weighted by molar-refractivity contribution is 7.16. The summed E-state index contributed by atoms with van der Waals surface area (Å²) < 4.78 is 9.49. The summed E-state index contributed by atoms with van der Waals surface area (Å²) in [5, 5.41) is 12.4. The van der Waals surface area contributed by atoms with E-state index < -0.39 is 24.3 Å². The van der Waals surface area contributed by atoms with Crippen LogP contribution < -0.4 is 21.3 Å². The lowest BCUT2D eigenvalue weighted by atomic mass is 10.0. The van der Waals surface area contributed by atoms with Crippen molar-refractivity contribution >= 4 is 58.0 Å². The minimum Gasteiger partial charge on any atom is -0.453 e. The van der Waals surface area contributed by atoms with Crippen molar-refractivity contribution in [2.24, 2.45) is 11.8 Å². The van der Waals surface area contributed by atoms with Crippen LogP contribution in [0.5, 0.6) is 0 Å². The minimum absolute atomic E-state index is 0.102. The minimum atomic E-state index is -0.690. The average Bonchev–Trinajstić information content (AvgIpc) is 1.64. The van der Waals surface area contributed by atoms with E-state index in [4.69, 9.17) is 15.9 Å². The molecule has 14 aromatic rings. The van der Waals surface area contributed by atoms with Crippen molar-refractivity contribution in [1.29, 1.82) is 0 Å². The molecule has 7 aliphatic rings. The third-order valence-corrected chi connectivity index (χ3v) is 30.6. The predicted molar refractivity (Wildman–Crippen MR) is 557 cm³/mol.